The second kappa shape index (κ2) is 8.01. The minimum Gasteiger partial charge on any atom is -0.477 e. The van der Waals surface area contributed by atoms with Crippen LogP contribution >= 0.6 is 11.3 Å². The number of carbonyl (C=O) groups is 2. The summed E-state index contributed by atoms with van der Waals surface area (Å²) in [6.45, 7) is 3.59. The third-order valence-corrected chi connectivity index (χ3v) is 4.71. The summed E-state index contributed by atoms with van der Waals surface area (Å²) in [6.07, 6.45) is -1.54. The smallest absolute Gasteiger partial charge is 0.477 e. The SMILES string of the molecule is CCOC(=O)Oc1sc2ccccc2c1OC(C)C(=O)c1ccccc1. The fraction of sp³-hybridized carbons (Fsp3) is 0.200. The lowest BCUT2D eigenvalue weighted by Gasteiger charge is -2.14. The molecular formula is C20H18O5S. The van der Waals surface area contributed by atoms with Gasteiger partial charge in [0.2, 0.25) is 10.8 Å². The third-order valence-electron chi connectivity index (χ3n) is 3.68. The highest BCUT2D eigenvalue weighted by Crippen LogP contribution is 2.44. The average Bonchev–Trinajstić information content (AvgIpc) is 2.99. The molecule has 0 fully saturated rings. The number of ketones is 1. The number of hydrogen-bond donors (Lipinski definition) is 0. The number of benzene rings is 2. The van der Waals surface area contributed by atoms with Crippen LogP contribution in [0.1, 0.15) is 24.2 Å². The zero-order valence-corrected chi connectivity index (χ0v) is 15.2. The van der Waals surface area contributed by atoms with Crippen molar-refractivity contribution in [2.75, 3.05) is 6.61 Å². The summed E-state index contributed by atoms with van der Waals surface area (Å²) in [5, 5.41) is 1.06. The molecule has 1 aromatic heterocycles. The van der Waals surface area contributed by atoms with Crippen LogP contribution in [0.3, 0.4) is 0 Å². The van der Waals surface area contributed by atoms with Crippen molar-refractivity contribution in [3.63, 3.8) is 0 Å². The Kier molecular flexibility index (Phi) is 5.53. The molecule has 134 valence electrons. The Balaban J connectivity index is 1.90. The Labute approximate surface area is 155 Å². The predicted molar refractivity (Wildman–Crippen MR) is 100 cm³/mol. The van der Waals surface area contributed by atoms with E-state index in [1.54, 1.807) is 38.1 Å². The highest BCUT2D eigenvalue weighted by Gasteiger charge is 2.23. The van der Waals surface area contributed by atoms with Gasteiger partial charge in [-0.25, -0.2) is 4.79 Å². The summed E-state index contributed by atoms with van der Waals surface area (Å²) in [6, 6.07) is 16.4. The van der Waals surface area contributed by atoms with E-state index >= 15 is 0 Å². The van der Waals surface area contributed by atoms with Gasteiger partial charge in [-0.1, -0.05) is 53.8 Å². The molecule has 0 aliphatic carbocycles. The molecule has 0 bridgehead atoms. The van der Waals surface area contributed by atoms with Crippen LogP contribution in [0.5, 0.6) is 10.8 Å². The molecule has 2 aromatic carbocycles. The molecule has 3 rings (SSSR count). The maximum absolute atomic E-state index is 12.6. The highest BCUT2D eigenvalue weighted by atomic mass is 32.1. The lowest BCUT2D eigenvalue weighted by molar-refractivity contribution is 0.0811. The summed E-state index contributed by atoms with van der Waals surface area (Å²) in [5.41, 5.74) is 0.562. The largest absolute Gasteiger partial charge is 0.514 e. The Hall–Kier alpha value is -2.86. The Morgan fingerprint density at radius 3 is 2.46 bits per heavy atom. The van der Waals surface area contributed by atoms with Gasteiger partial charge in [0.25, 0.3) is 0 Å². The van der Waals surface area contributed by atoms with Crippen LogP contribution in [-0.2, 0) is 4.74 Å². The van der Waals surface area contributed by atoms with Crippen LogP contribution in [0.2, 0.25) is 0 Å². The average molecular weight is 370 g/mol. The maximum Gasteiger partial charge on any atom is 0.514 e. The molecule has 3 aromatic rings. The Bertz CT molecular complexity index is 916. The van der Waals surface area contributed by atoms with Crippen molar-refractivity contribution in [1.82, 2.24) is 0 Å². The third kappa shape index (κ3) is 3.86. The van der Waals surface area contributed by atoms with Crippen molar-refractivity contribution < 1.29 is 23.8 Å². The van der Waals surface area contributed by atoms with Crippen LogP contribution < -0.4 is 9.47 Å². The van der Waals surface area contributed by atoms with Gasteiger partial charge in [0, 0.05) is 15.6 Å². The Morgan fingerprint density at radius 1 is 1.04 bits per heavy atom. The van der Waals surface area contributed by atoms with Gasteiger partial charge in [0.1, 0.15) is 0 Å². The molecule has 0 spiro atoms. The van der Waals surface area contributed by atoms with E-state index in [0.717, 1.165) is 10.1 Å². The number of Topliss-reactive ketones (excluding diaryl/α,β-unsaturated/α-hetero) is 1. The first-order valence-electron chi connectivity index (χ1n) is 8.22. The first-order chi connectivity index (χ1) is 12.6. The molecular weight excluding hydrogens is 352 g/mol. The second-order valence-corrected chi connectivity index (χ2v) is 6.50. The van der Waals surface area contributed by atoms with Crippen LogP contribution in [0.15, 0.2) is 54.6 Å². The van der Waals surface area contributed by atoms with E-state index in [-0.39, 0.29) is 17.5 Å². The first-order valence-corrected chi connectivity index (χ1v) is 9.04. The molecule has 0 aliphatic heterocycles. The van der Waals surface area contributed by atoms with Crippen molar-refractivity contribution in [2.45, 2.75) is 20.0 Å². The summed E-state index contributed by atoms with van der Waals surface area (Å²) >= 11 is 1.27. The van der Waals surface area contributed by atoms with Crippen LogP contribution in [0.25, 0.3) is 10.1 Å². The molecule has 0 radical (unpaired) electrons. The number of hydrogen-bond acceptors (Lipinski definition) is 6. The summed E-state index contributed by atoms with van der Waals surface area (Å²) in [5.74, 6) is 0.221. The van der Waals surface area contributed by atoms with Gasteiger partial charge < -0.3 is 14.2 Å². The fourth-order valence-corrected chi connectivity index (χ4v) is 3.45. The number of fused-ring (bicyclic) bond motifs is 1. The monoisotopic (exact) mass is 370 g/mol. The summed E-state index contributed by atoms with van der Waals surface area (Å²) in [4.78, 5) is 24.3. The van der Waals surface area contributed by atoms with E-state index < -0.39 is 12.3 Å². The van der Waals surface area contributed by atoms with Gasteiger partial charge in [0.05, 0.1) is 6.61 Å². The quantitative estimate of drug-likeness (QED) is 0.447. The van der Waals surface area contributed by atoms with Gasteiger partial charge in [-0.05, 0) is 26.0 Å². The molecule has 0 N–H and O–H groups in total. The molecule has 26 heavy (non-hydrogen) atoms. The van der Waals surface area contributed by atoms with Crippen molar-refractivity contribution in [2.24, 2.45) is 0 Å². The van der Waals surface area contributed by atoms with Crippen LogP contribution in [0.4, 0.5) is 4.79 Å². The van der Waals surface area contributed by atoms with E-state index in [4.69, 9.17) is 14.2 Å². The van der Waals surface area contributed by atoms with Gasteiger partial charge in [0.15, 0.2) is 11.9 Å². The topological polar surface area (TPSA) is 61.8 Å². The summed E-state index contributed by atoms with van der Waals surface area (Å²) in [7, 11) is 0. The summed E-state index contributed by atoms with van der Waals surface area (Å²) < 4.78 is 16.9. The van der Waals surface area contributed by atoms with E-state index in [0.29, 0.717) is 11.3 Å². The molecule has 0 amide bonds. The first kappa shape index (κ1) is 17.9. The number of thiophene rings is 1. The van der Waals surface area contributed by atoms with Gasteiger partial charge >= 0.3 is 6.16 Å². The van der Waals surface area contributed by atoms with E-state index in [1.807, 2.05) is 30.3 Å². The zero-order chi connectivity index (χ0) is 18.5. The predicted octanol–water partition coefficient (Wildman–Crippen LogP) is 5.09. The van der Waals surface area contributed by atoms with Crippen molar-refractivity contribution in [1.29, 1.82) is 0 Å². The van der Waals surface area contributed by atoms with E-state index in [2.05, 4.69) is 0 Å². The van der Waals surface area contributed by atoms with E-state index in [9.17, 15) is 9.59 Å². The fourth-order valence-electron chi connectivity index (χ4n) is 2.47. The van der Waals surface area contributed by atoms with Crippen LogP contribution in [-0.4, -0.2) is 24.6 Å². The van der Waals surface area contributed by atoms with Gasteiger partial charge in [-0.3, -0.25) is 4.79 Å². The molecule has 1 atom stereocenters. The molecule has 1 heterocycles. The Morgan fingerprint density at radius 2 is 1.73 bits per heavy atom. The minimum atomic E-state index is -0.800. The van der Waals surface area contributed by atoms with Crippen molar-refractivity contribution >= 4 is 33.4 Å². The number of rotatable bonds is 6. The lowest BCUT2D eigenvalue weighted by Crippen LogP contribution is -2.24. The zero-order valence-electron chi connectivity index (χ0n) is 14.4. The van der Waals surface area contributed by atoms with Crippen molar-refractivity contribution in [3.8, 4) is 10.8 Å². The van der Waals surface area contributed by atoms with Crippen LogP contribution in [0, 0.1) is 0 Å². The molecule has 0 aliphatic rings. The van der Waals surface area contributed by atoms with Crippen molar-refractivity contribution in [3.05, 3.63) is 60.2 Å². The maximum atomic E-state index is 12.6. The standard InChI is InChI=1S/C20H18O5S/c1-3-23-20(22)25-19-18(15-11-7-8-12-16(15)26-19)24-13(2)17(21)14-9-5-4-6-10-14/h4-13H,3H2,1-2H3. The molecule has 0 saturated carbocycles. The van der Waals surface area contributed by atoms with E-state index in [1.165, 1.54) is 11.3 Å². The lowest BCUT2D eigenvalue weighted by atomic mass is 10.1. The normalized spacial score (nSPS) is 11.8. The van der Waals surface area contributed by atoms with Gasteiger partial charge in [-0.15, -0.1) is 0 Å². The second-order valence-electron chi connectivity index (χ2n) is 5.49. The highest BCUT2D eigenvalue weighted by molar-refractivity contribution is 7.21. The number of ether oxygens (including phenoxy) is 3. The number of carbonyl (C=O) groups excluding carboxylic acids is 2. The molecule has 0 saturated heterocycles. The minimum absolute atomic E-state index is 0.150. The molecule has 1 unspecified atom stereocenters. The molecule has 6 heteroatoms. The van der Waals surface area contributed by atoms with Gasteiger partial charge in [-0.2, -0.15) is 0 Å². The molecule has 5 nitrogen and oxygen atoms in total.